The molecule has 0 spiro atoms. The van der Waals surface area contributed by atoms with Gasteiger partial charge < -0.3 is 0 Å². The highest BCUT2D eigenvalue weighted by Gasteiger charge is 1.94. The zero-order chi connectivity index (χ0) is 9.98. The van der Waals surface area contributed by atoms with E-state index in [-0.39, 0.29) is 0 Å². The Labute approximate surface area is 76.3 Å². The molecular formula is C10H21N2+. The lowest BCUT2D eigenvalue weighted by Crippen LogP contribution is -2.31. The van der Waals surface area contributed by atoms with E-state index in [9.17, 15) is 0 Å². The molecule has 2 heteroatoms. The molecule has 0 saturated carbocycles. The van der Waals surface area contributed by atoms with E-state index in [1.165, 1.54) is 0 Å². The van der Waals surface area contributed by atoms with Crippen LogP contribution in [0.2, 0.25) is 0 Å². The molecule has 2 nitrogen and oxygen atoms in total. The van der Waals surface area contributed by atoms with Crippen LogP contribution in [0.25, 0.3) is 0 Å². The van der Waals surface area contributed by atoms with E-state index in [0.717, 1.165) is 5.82 Å². The highest BCUT2D eigenvalue weighted by molar-refractivity contribution is 4.75. The van der Waals surface area contributed by atoms with Crippen LogP contribution in [0.15, 0.2) is 18.5 Å². The minimum atomic E-state index is 1.03. The van der Waals surface area contributed by atoms with Crippen LogP contribution in [0.1, 0.15) is 33.5 Å². The summed E-state index contributed by atoms with van der Waals surface area (Å²) in [6.07, 6.45) is 3.76. The number of hydrogen-bond acceptors (Lipinski definition) is 1. The summed E-state index contributed by atoms with van der Waals surface area (Å²) in [5, 5.41) is 0. The van der Waals surface area contributed by atoms with E-state index in [1.807, 2.05) is 58.5 Å². The van der Waals surface area contributed by atoms with Crippen molar-refractivity contribution < 1.29 is 4.57 Å². The molecule has 0 saturated heterocycles. The maximum atomic E-state index is 4.04. The Hall–Kier alpha value is -0.920. The van der Waals surface area contributed by atoms with Crippen LogP contribution in [-0.2, 0) is 7.05 Å². The van der Waals surface area contributed by atoms with Crippen LogP contribution in [-0.4, -0.2) is 4.98 Å². The lowest BCUT2D eigenvalue weighted by molar-refractivity contribution is -0.681. The molecule has 1 rings (SSSR count). The molecule has 0 amide bonds. The second kappa shape index (κ2) is 10.1. The van der Waals surface area contributed by atoms with Gasteiger partial charge in [0.15, 0.2) is 0 Å². The first-order valence-corrected chi connectivity index (χ1v) is 4.58. The number of rotatable bonds is 0. The lowest BCUT2D eigenvalue weighted by Gasteiger charge is -1.86. The summed E-state index contributed by atoms with van der Waals surface area (Å²) in [5.41, 5.74) is 0. The van der Waals surface area contributed by atoms with Crippen molar-refractivity contribution in [3.8, 4) is 0 Å². The fraction of sp³-hybridized carbons (Fsp3) is 0.600. The molecule has 0 aliphatic carbocycles. The van der Waals surface area contributed by atoms with E-state index in [0.29, 0.717) is 0 Å². The Morgan fingerprint density at radius 1 is 1.17 bits per heavy atom. The predicted molar refractivity (Wildman–Crippen MR) is 52.8 cm³/mol. The van der Waals surface area contributed by atoms with Crippen molar-refractivity contribution in [1.82, 2.24) is 4.98 Å². The summed E-state index contributed by atoms with van der Waals surface area (Å²) in [6, 6.07) is 1.91. The summed E-state index contributed by atoms with van der Waals surface area (Å²) in [4.78, 5) is 4.04. The largest absolute Gasteiger partial charge is 0.294 e. The van der Waals surface area contributed by atoms with Gasteiger partial charge in [-0.2, -0.15) is 0 Å². The van der Waals surface area contributed by atoms with Gasteiger partial charge in [-0.05, 0) is 0 Å². The van der Waals surface area contributed by atoms with Crippen molar-refractivity contribution in [2.75, 3.05) is 0 Å². The molecule has 0 N–H and O–H groups in total. The molecule has 0 fully saturated rings. The van der Waals surface area contributed by atoms with Gasteiger partial charge in [-0.25, -0.2) is 4.57 Å². The monoisotopic (exact) mass is 169 g/mol. The summed E-state index contributed by atoms with van der Waals surface area (Å²) >= 11 is 0. The number of aryl methyl sites for hydroxylation is 2. The van der Waals surface area contributed by atoms with Gasteiger partial charge in [0.1, 0.15) is 6.20 Å². The van der Waals surface area contributed by atoms with E-state index in [4.69, 9.17) is 0 Å². The first kappa shape index (κ1) is 13.7. The van der Waals surface area contributed by atoms with Crippen LogP contribution in [0.4, 0.5) is 0 Å². The normalized spacial score (nSPS) is 7.17. The first-order valence-electron chi connectivity index (χ1n) is 4.58. The smallest absolute Gasteiger partial charge is 0.238 e. The van der Waals surface area contributed by atoms with Crippen LogP contribution in [0.5, 0.6) is 0 Å². The Morgan fingerprint density at radius 3 is 1.92 bits per heavy atom. The molecule has 0 aliphatic heterocycles. The first-order chi connectivity index (χ1) is 5.80. The van der Waals surface area contributed by atoms with Gasteiger partial charge in [-0.1, -0.05) is 32.7 Å². The van der Waals surface area contributed by atoms with Crippen molar-refractivity contribution in [3.63, 3.8) is 0 Å². The van der Waals surface area contributed by atoms with Crippen LogP contribution >= 0.6 is 0 Å². The summed E-state index contributed by atoms with van der Waals surface area (Å²) in [5.74, 6) is 1.03. The Kier molecular flexibility index (Phi) is 11.5. The fourth-order valence-electron chi connectivity index (χ4n) is 0.517. The third-order valence-electron chi connectivity index (χ3n) is 1.17. The minimum absolute atomic E-state index is 1.03. The van der Waals surface area contributed by atoms with Crippen molar-refractivity contribution >= 4 is 0 Å². The van der Waals surface area contributed by atoms with Gasteiger partial charge in [0, 0.05) is 13.0 Å². The molecule has 0 unspecified atom stereocenters. The van der Waals surface area contributed by atoms with Gasteiger partial charge in [-0.3, -0.25) is 0 Å². The van der Waals surface area contributed by atoms with Crippen LogP contribution in [0.3, 0.4) is 0 Å². The average molecular weight is 169 g/mol. The molecule has 0 aliphatic rings. The van der Waals surface area contributed by atoms with E-state index >= 15 is 0 Å². The average Bonchev–Trinajstić information content (AvgIpc) is 2.17. The Balaban J connectivity index is 0. The second-order valence-corrected chi connectivity index (χ2v) is 1.78. The summed E-state index contributed by atoms with van der Waals surface area (Å²) in [7, 11) is 1.97. The molecule has 1 aromatic rings. The highest BCUT2D eigenvalue weighted by Crippen LogP contribution is 1.75. The molecule has 0 aromatic carbocycles. The summed E-state index contributed by atoms with van der Waals surface area (Å²) < 4.78 is 1.97. The quantitative estimate of drug-likeness (QED) is 0.544. The standard InChI is InChI=1S/C6H9N2.2C2H6/c1-6-7-4-3-5-8(6)2;2*1-2/h3-5H,1-2H3;2*1-2H3/q+1;;. The SMILES string of the molecule is CC.CC.Cc1nccc[n+]1C. The topological polar surface area (TPSA) is 16.8 Å². The molecule has 0 radical (unpaired) electrons. The fourth-order valence-corrected chi connectivity index (χ4v) is 0.517. The highest BCUT2D eigenvalue weighted by atomic mass is 15.0. The van der Waals surface area contributed by atoms with E-state index in [2.05, 4.69) is 4.98 Å². The van der Waals surface area contributed by atoms with Crippen molar-refractivity contribution in [3.05, 3.63) is 24.3 Å². The zero-order valence-corrected chi connectivity index (χ0v) is 9.13. The van der Waals surface area contributed by atoms with Gasteiger partial charge in [0.25, 0.3) is 5.82 Å². The number of nitrogens with zero attached hydrogens (tertiary/aromatic N) is 2. The van der Waals surface area contributed by atoms with E-state index < -0.39 is 0 Å². The van der Waals surface area contributed by atoms with Gasteiger partial charge >= 0.3 is 0 Å². The maximum Gasteiger partial charge on any atom is 0.294 e. The van der Waals surface area contributed by atoms with Crippen molar-refractivity contribution in [2.45, 2.75) is 34.6 Å². The summed E-state index contributed by atoms with van der Waals surface area (Å²) in [6.45, 7) is 9.97. The molecule has 70 valence electrons. The molecule has 1 aromatic heterocycles. The lowest BCUT2D eigenvalue weighted by atomic mass is 10.6. The molecule has 0 atom stereocenters. The van der Waals surface area contributed by atoms with Crippen molar-refractivity contribution in [2.24, 2.45) is 7.05 Å². The zero-order valence-electron chi connectivity index (χ0n) is 9.13. The van der Waals surface area contributed by atoms with Crippen molar-refractivity contribution in [1.29, 1.82) is 0 Å². The maximum absolute atomic E-state index is 4.04. The molecular weight excluding hydrogens is 148 g/mol. The molecule has 12 heavy (non-hydrogen) atoms. The Bertz CT molecular complexity index is 164. The number of hydrogen-bond donors (Lipinski definition) is 0. The predicted octanol–water partition coefficient (Wildman–Crippen LogP) is 2.27. The van der Waals surface area contributed by atoms with Gasteiger partial charge in [0.2, 0.25) is 0 Å². The van der Waals surface area contributed by atoms with Crippen LogP contribution in [0, 0.1) is 6.92 Å². The molecule has 0 bridgehead atoms. The Morgan fingerprint density at radius 2 is 1.67 bits per heavy atom. The van der Waals surface area contributed by atoms with Crippen LogP contribution < -0.4 is 4.57 Å². The van der Waals surface area contributed by atoms with Gasteiger partial charge in [-0.15, -0.1) is 0 Å². The second-order valence-electron chi connectivity index (χ2n) is 1.78. The third-order valence-corrected chi connectivity index (χ3v) is 1.17. The van der Waals surface area contributed by atoms with Gasteiger partial charge in [0.05, 0.1) is 13.2 Å². The minimum Gasteiger partial charge on any atom is -0.238 e. The number of aromatic nitrogens is 2. The third kappa shape index (κ3) is 5.83. The van der Waals surface area contributed by atoms with E-state index in [1.54, 1.807) is 6.20 Å². The molecule has 1 heterocycles.